The molecule has 0 saturated carbocycles. The van der Waals surface area contributed by atoms with Gasteiger partial charge in [-0.05, 0) is 49.2 Å². The summed E-state index contributed by atoms with van der Waals surface area (Å²) in [5.41, 5.74) is 0. The molecule has 2 aromatic rings. The van der Waals surface area contributed by atoms with Crippen molar-refractivity contribution in [3.63, 3.8) is 0 Å². The van der Waals surface area contributed by atoms with Crippen LogP contribution in [0.25, 0.3) is 0 Å². The minimum absolute atomic E-state index is 0.100. The Morgan fingerprint density at radius 1 is 1.16 bits per heavy atom. The van der Waals surface area contributed by atoms with Crippen molar-refractivity contribution in [1.82, 2.24) is 14.6 Å². The monoisotopic (exact) mass is 483 g/mol. The van der Waals surface area contributed by atoms with Gasteiger partial charge in [0.25, 0.3) is 0 Å². The van der Waals surface area contributed by atoms with Gasteiger partial charge in [-0.1, -0.05) is 17.7 Å². The molecule has 166 valence electrons. The van der Waals surface area contributed by atoms with E-state index in [1.807, 2.05) is 0 Å². The Hall–Kier alpha value is -2.27. The van der Waals surface area contributed by atoms with Crippen molar-refractivity contribution in [1.29, 1.82) is 0 Å². The first kappa shape index (κ1) is 23.4. The highest BCUT2D eigenvalue weighted by atomic mass is 35.5. The largest absolute Gasteiger partial charge is 0.356 e. The molecule has 1 atom stereocenters. The zero-order valence-electron chi connectivity index (χ0n) is 16.5. The van der Waals surface area contributed by atoms with Crippen molar-refractivity contribution in [2.75, 3.05) is 19.6 Å². The van der Waals surface area contributed by atoms with E-state index in [1.165, 1.54) is 53.1 Å². The van der Waals surface area contributed by atoms with Crippen LogP contribution < -0.4 is 5.32 Å². The van der Waals surface area contributed by atoms with Crippen LogP contribution in [-0.2, 0) is 24.7 Å². The Bertz CT molecular complexity index is 1150. The van der Waals surface area contributed by atoms with Crippen LogP contribution in [0, 0.1) is 5.92 Å². The summed E-state index contributed by atoms with van der Waals surface area (Å²) in [4.78, 5) is 16.4. The molecular formula is C20H22ClN3O5S2. The van der Waals surface area contributed by atoms with Gasteiger partial charge in [0.2, 0.25) is 15.9 Å². The Morgan fingerprint density at radius 3 is 2.58 bits per heavy atom. The maximum Gasteiger partial charge on any atom is 0.244 e. The van der Waals surface area contributed by atoms with E-state index in [4.69, 9.17) is 11.6 Å². The van der Waals surface area contributed by atoms with Crippen LogP contribution in [0.4, 0.5) is 0 Å². The van der Waals surface area contributed by atoms with E-state index in [1.54, 1.807) is 6.07 Å². The maximum absolute atomic E-state index is 12.6. The number of benzene rings is 1. The van der Waals surface area contributed by atoms with Gasteiger partial charge < -0.3 is 5.32 Å². The molecule has 31 heavy (non-hydrogen) atoms. The number of amides is 1. The molecular weight excluding hydrogens is 462 g/mol. The molecule has 8 nitrogen and oxygen atoms in total. The summed E-state index contributed by atoms with van der Waals surface area (Å²) in [6.07, 6.45) is 4.99. The number of rotatable bonds is 8. The third-order valence-electron chi connectivity index (χ3n) is 4.82. The molecule has 2 heterocycles. The topological polar surface area (TPSA) is 114 Å². The van der Waals surface area contributed by atoms with E-state index in [9.17, 15) is 21.6 Å². The van der Waals surface area contributed by atoms with E-state index < -0.39 is 25.8 Å². The number of hydrogen-bond donors (Lipinski definition) is 1. The minimum atomic E-state index is -3.68. The van der Waals surface area contributed by atoms with Crippen LogP contribution in [-0.4, -0.2) is 51.7 Å². The number of sulfone groups is 1. The molecule has 1 aliphatic rings. The van der Waals surface area contributed by atoms with Gasteiger partial charge in [0, 0.05) is 42.5 Å². The Morgan fingerprint density at radius 2 is 1.90 bits per heavy atom. The Labute approximate surface area is 186 Å². The highest BCUT2D eigenvalue weighted by Gasteiger charge is 2.35. The maximum atomic E-state index is 12.6. The molecule has 3 rings (SSSR count). The summed E-state index contributed by atoms with van der Waals surface area (Å²) in [7, 11) is -7.25. The first-order valence-electron chi connectivity index (χ1n) is 9.55. The van der Waals surface area contributed by atoms with Gasteiger partial charge in [-0.25, -0.2) is 16.8 Å². The lowest BCUT2D eigenvalue weighted by atomic mass is 10.1. The van der Waals surface area contributed by atoms with Gasteiger partial charge in [-0.15, -0.1) is 0 Å². The SMILES string of the molecule is O=C(NCC/C=C/S(=O)(=O)c1ccc(Cl)cc1)[C@H]1CCN(S(=O)(=O)c2cccnc2)C1. The first-order valence-corrected chi connectivity index (χ1v) is 12.9. The normalized spacial score (nSPS) is 17.8. The number of nitrogens with zero attached hydrogens (tertiary/aromatic N) is 2. The number of carbonyl (C=O) groups excluding carboxylic acids is 1. The molecule has 1 aliphatic heterocycles. The van der Waals surface area contributed by atoms with Crippen LogP contribution in [0.1, 0.15) is 12.8 Å². The quantitative estimate of drug-likeness (QED) is 0.576. The second kappa shape index (κ2) is 9.90. The second-order valence-electron chi connectivity index (χ2n) is 6.99. The van der Waals surface area contributed by atoms with E-state index in [2.05, 4.69) is 10.3 Å². The summed E-state index contributed by atoms with van der Waals surface area (Å²) in [5.74, 6) is -0.703. The van der Waals surface area contributed by atoms with Gasteiger partial charge in [0.1, 0.15) is 4.90 Å². The lowest BCUT2D eigenvalue weighted by Gasteiger charge is -2.16. The molecule has 1 fully saturated rings. The van der Waals surface area contributed by atoms with Crippen molar-refractivity contribution < 1.29 is 21.6 Å². The number of sulfonamides is 1. The van der Waals surface area contributed by atoms with Crippen molar-refractivity contribution in [2.24, 2.45) is 5.92 Å². The first-order chi connectivity index (χ1) is 14.7. The van der Waals surface area contributed by atoms with Crippen LogP contribution in [0.3, 0.4) is 0 Å². The highest BCUT2D eigenvalue weighted by Crippen LogP contribution is 2.24. The van der Waals surface area contributed by atoms with Crippen LogP contribution in [0.5, 0.6) is 0 Å². The van der Waals surface area contributed by atoms with Crippen molar-refractivity contribution in [3.05, 3.63) is 65.3 Å². The number of aromatic nitrogens is 1. The molecule has 0 radical (unpaired) electrons. The summed E-state index contributed by atoms with van der Waals surface area (Å²) in [6.45, 7) is 0.607. The molecule has 1 aromatic heterocycles. The molecule has 11 heteroatoms. The van der Waals surface area contributed by atoms with E-state index >= 15 is 0 Å². The highest BCUT2D eigenvalue weighted by molar-refractivity contribution is 7.94. The summed E-state index contributed by atoms with van der Waals surface area (Å²) < 4.78 is 50.9. The molecule has 1 N–H and O–H groups in total. The zero-order chi connectivity index (χ0) is 22.5. The van der Waals surface area contributed by atoms with Gasteiger partial charge >= 0.3 is 0 Å². The fourth-order valence-electron chi connectivity index (χ4n) is 3.13. The number of carbonyl (C=O) groups is 1. The second-order valence-corrected chi connectivity index (χ2v) is 11.2. The number of hydrogen-bond acceptors (Lipinski definition) is 6. The average molecular weight is 484 g/mol. The van der Waals surface area contributed by atoms with Crippen LogP contribution in [0.15, 0.2) is 70.1 Å². The molecule has 1 saturated heterocycles. The lowest BCUT2D eigenvalue weighted by molar-refractivity contribution is -0.124. The predicted molar refractivity (Wildman–Crippen MR) is 117 cm³/mol. The standard InChI is InChI=1S/C20H22ClN3O5S2/c21-17-5-7-18(8-6-17)30(26,27)13-2-1-11-23-20(25)16-9-12-24(15-16)31(28,29)19-4-3-10-22-14-19/h2-8,10,13-14,16H,1,9,11-12,15H2,(H,23,25)/b13-2+/t16-/m0/s1. The number of halogens is 1. The fourth-order valence-corrected chi connectivity index (χ4v) is 5.78. The average Bonchev–Trinajstić information content (AvgIpc) is 3.25. The fraction of sp³-hybridized carbons (Fsp3) is 0.300. The van der Waals surface area contributed by atoms with Crippen molar-refractivity contribution >= 4 is 37.4 Å². The third-order valence-corrected chi connectivity index (χ3v) is 8.40. The molecule has 0 bridgehead atoms. The molecule has 1 aromatic carbocycles. The number of nitrogens with one attached hydrogen (secondary N) is 1. The van der Waals surface area contributed by atoms with Crippen molar-refractivity contribution in [2.45, 2.75) is 22.6 Å². The lowest BCUT2D eigenvalue weighted by Crippen LogP contribution is -2.35. The third kappa shape index (κ3) is 5.91. The molecule has 0 aliphatic carbocycles. The van der Waals surface area contributed by atoms with Gasteiger partial charge in [0.15, 0.2) is 9.84 Å². The molecule has 0 unspecified atom stereocenters. The summed E-state index contributed by atoms with van der Waals surface area (Å²) >= 11 is 5.76. The van der Waals surface area contributed by atoms with E-state index in [-0.39, 0.29) is 35.3 Å². The number of pyridine rings is 1. The van der Waals surface area contributed by atoms with Crippen LogP contribution in [0.2, 0.25) is 5.02 Å². The van der Waals surface area contributed by atoms with Gasteiger partial charge in [-0.3, -0.25) is 9.78 Å². The zero-order valence-corrected chi connectivity index (χ0v) is 18.9. The van der Waals surface area contributed by atoms with E-state index in [0.717, 1.165) is 5.41 Å². The van der Waals surface area contributed by atoms with Crippen LogP contribution >= 0.6 is 11.6 Å². The summed E-state index contributed by atoms with van der Waals surface area (Å²) in [6, 6.07) is 8.88. The van der Waals surface area contributed by atoms with E-state index in [0.29, 0.717) is 17.9 Å². The molecule has 1 amide bonds. The summed E-state index contributed by atoms with van der Waals surface area (Å²) in [5, 5.41) is 4.28. The van der Waals surface area contributed by atoms with Crippen molar-refractivity contribution in [3.8, 4) is 0 Å². The Balaban J connectivity index is 1.47. The molecule has 0 spiro atoms. The minimum Gasteiger partial charge on any atom is -0.356 e. The predicted octanol–water partition coefficient (Wildman–Crippen LogP) is 2.24. The van der Waals surface area contributed by atoms with Gasteiger partial charge in [0.05, 0.1) is 10.8 Å². The smallest absolute Gasteiger partial charge is 0.244 e. The van der Waals surface area contributed by atoms with Gasteiger partial charge in [-0.2, -0.15) is 4.31 Å². The Kier molecular flexibility index (Phi) is 7.47.